The molecule has 0 aliphatic heterocycles. The Morgan fingerprint density at radius 2 is 2.38 bits per heavy atom. The molecule has 0 aliphatic rings. The van der Waals surface area contributed by atoms with Gasteiger partial charge in [-0.3, -0.25) is 4.79 Å². The second kappa shape index (κ2) is 5.57. The van der Waals surface area contributed by atoms with Crippen LogP contribution in [0.15, 0.2) is 22.8 Å². The molecular formula is C11H15O2. The van der Waals surface area contributed by atoms with Crippen LogP contribution in [0.25, 0.3) is 0 Å². The van der Waals surface area contributed by atoms with E-state index in [1.54, 1.807) is 24.8 Å². The summed E-state index contributed by atoms with van der Waals surface area (Å²) in [6, 6.07) is 3.57. The maximum Gasteiger partial charge on any atom is 0.144 e. The third-order valence-electron chi connectivity index (χ3n) is 1.87. The van der Waals surface area contributed by atoms with Crippen molar-refractivity contribution in [1.82, 2.24) is 0 Å². The van der Waals surface area contributed by atoms with Crippen molar-refractivity contribution in [1.29, 1.82) is 0 Å². The predicted molar refractivity (Wildman–Crippen MR) is 51.3 cm³/mol. The van der Waals surface area contributed by atoms with Crippen molar-refractivity contribution < 1.29 is 9.21 Å². The van der Waals surface area contributed by atoms with Gasteiger partial charge in [-0.25, -0.2) is 0 Å². The van der Waals surface area contributed by atoms with E-state index in [2.05, 4.69) is 6.92 Å². The summed E-state index contributed by atoms with van der Waals surface area (Å²) in [6.07, 6.45) is 7.02. The van der Waals surface area contributed by atoms with Gasteiger partial charge in [-0.1, -0.05) is 19.8 Å². The quantitative estimate of drug-likeness (QED) is 0.628. The molecule has 0 spiro atoms. The van der Waals surface area contributed by atoms with Crippen LogP contribution in [0.3, 0.4) is 0 Å². The van der Waals surface area contributed by atoms with Gasteiger partial charge in [0.05, 0.1) is 12.7 Å². The lowest BCUT2D eigenvalue weighted by molar-refractivity contribution is -0.115. The van der Waals surface area contributed by atoms with Crippen LogP contribution in [0, 0.1) is 6.42 Å². The van der Waals surface area contributed by atoms with Crippen molar-refractivity contribution in [3.8, 4) is 0 Å². The molecule has 71 valence electrons. The van der Waals surface area contributed by atoms with E-state index in [9.17, 15) is 4.79 Å². The molecular weight excluding hydrogens is 164 g/mol. The molecule has 0 N–H and O–H groups in total. The Kier molecular flexibility index (Phi) is 4.30. The normalized spacial score (nSPS) is 10.2. The van der Waals surface area contributed by atoms with Gasteiger partial charge in [0.15, 0.2) is 0 Å². The van der Waals surface area contributed by atoms with Crippen molar-refractivity contribution in [2.24, 2.45) is 0 Å². The summed E-state index contributed by atoms with van der Waals surface area (Å²) in [4.78, 5) is 11.3. The molecule has 0 aliphatic carbocycles. The standard InChI is InChI=1S/C11H15O2/c1-2-3-4-6-10(12)9-11-7-5-8-13-11/h5,7-9H,2-4,6H2,1H3. The Labute approximate surface area is 78.9 Å². The number of unbranched alkanes of at least 4 members (excludes halogenated alkanes) is 2. The molecule has 1 rings (SSSR count). The van der Waals surface area contributed by atoms with Gasteiger partial charge in [-0.2, -0.15) is 0 Å². The average Bonchev–Trinajstić information content (AvgIpc) is 2.57. The Balaban J connectivity index is 2.18. The van der Waals surface area contributed by atoms with E-state index in [4.69, 9.17) is 4.42 Å². The maximum absolute atomic E-state index is 11.3. The number of rotatable bonds is 6. The van der Waals surface area contributed by atoms with E-state index in [-0.39, 0.29) is 5.78 Å². The number of hydrogen-bond acceptors (Lipinski definition) is 2. The van der Waals surface area contributed by atoms with Gasteiger partial charge in [0.1, 0.15) is 11.5 Å². The Morgan fingerprint density at radius 1 is 1.54 bits per heavy atom. The third kappa shape index (κ3) is 3.92. The number of hydrogen-bond donors (Lipinski definition) is 0. The van der Waals surface area contributed by atoms with E-state index in [0.29, 0.717) is 12.2 Å². The fraction of sp³-hybridized carbons (Fsp3) is 0.455. The highest BCUT2D eigenvalue weighted by Crippen LogP contribution is 2.08. The molecule has 0 unspecified atom stereocenters. The SMILES string of the molecule is CCCCCC(=O)[CH]c1ccco1. The zero-order chi connectivity index (χ0) is 9.52. The molecule has 0 aromatic carbocycles. The Hall–Kier alpha value is -1.05. The molecule has 0 amide bonds. The van der Waals surface area contributed by atoms with Gasteiger partial charge in [0, 0.05) is 6.42 Å². The molecule has 0 saturated carbocycles. The van der Waals surface area contributed by atoms with Crippen molar-refractivity contribution in [3.05, 3.63) is 30.6 Å². The highest BCUT2D eigenvalue weighted by Gasteiger charge is 2.05. The first-order valence-corrected chi connectivity index (χ1v) is 4.74. The van der Waals surface area contributed by atoms with Crippen LogP contribution >= 0.6 is 0 Å². The lowest BCUT2D eigenvalue weighted by Gasteiger charge is -1.96. The number of furan rings is 1. The predicted octanol–water partition coefficient (Wildman–Crippen LogP) is 2.98. The summed E-state index contributed by atoms with van der Waals surface area (Å²) in [5, 5.41) is 0. The summed E-state index contributed by atoms with van der Waals surface area (Å²) in [5.41, 5.74) is 0. The number of carbonyl (C=O) groups excluding carboxylic acids is 1. The van der Waals surface area contributed by atoms with Crippen LogP contribution in [-0.4, -0.2) is 5.78 Å². The monoisotopic (exact) mass is 179 g/mol. The average molecular weight is 179 g/mol. The van der Waals surface area contributed by atoms with Crippen LogP contribution < -0.4 is 0 Å². The van der Waals surface area contributed by atoms with Crippen LogP contribution in [0.5, 0.6) is 0 Å². The maximum atomic E-state index is 11.3. The first-order valence-electron chi connectivity index (χ1n) is 4.74. The van der Waals surface area contributed by atoms with Crippen molar-refractivity contribution >= 4 is 5.78 Å². The highest BCUT2D eigenvalue weighted by atomic mass is 16.3. The van der Waals surface area contributed by atoms with E-state index in [0.717, 1.165) is 19.3 Å². The first-order chi connectivity index (χ1) is 6.33. The van der Waals surface area contributed by atoms with Gasteiger partial charge < -0.3 is 4.42 Å². The zero-order valence-electron chi connectivity index (χ0n) is 7.95. The third-order valence-corrected chi connectivity index (χ3v) is 1.87. The molecule has 1 heterocycles. The van der Waals surface area contributed by atoms with E-state index >= 15 is 0 Å². The molecule has 13 heavy (non-hydrogen) atoms. The highest BCUT2D eigenvalue weighted by molar-refractivity contribution is 5.89. The van der Waals surface area contributed by atoms with E-state index in [1.807, 2.05) is 0 Å². The van der Waals surface area contributed by atoms with Gasteiger partial charge in [-0.05, 0) is 18.6 Å². The second-order valence-corrected chi connectivity index (χ2v) is 3.08. The summed E-state index contributed by atoms with van der Waals surface area (Å²) in [7, 11) is 0. The molecule has 0 saturated heterocycles. The second-order valence-electron chi connectivity index (χ2n) is 3.08. The largest absolute Gasteiger partial charge is 0.469 e. The van der Waals surface area contributed by atoms with Gasteiger partial charge in [0.25, 0.3) is 0 Å². The molecule has 2 heteroatoms. The van der Waals surface area contributed by atoms with Crippen LogP contribution in [0.4, 0.5) is 0 Å². The van der Waals surface area contributed by atoms with Crippen LogP contribution in [0.1, 0.15) is 38.4 Å². The summed E-state index contributed by atoms with van der Waals surface area (Å²) in [6.45, 7) is 2.13. The minimum Gasteiger partial charge on any atom is -0.469 e. The van der Waals surface area contributed by atoms with Crippen molar-refractivity contribution in [3.63, 3.8) is 0 Å². The smallest absolute Gasteiger partial charge is 0.144 e. The van der Waals surface area contributed by atoms with Crippen LogP contribution in [-0.2, 0) is 4.79 Å². The summed E-state index contributed by atoms with van der Waals surface area (Å²) in [5.74, 6) is 0.810. The molecule has 2 nitrogen and oxygen atoms in total. The molecule has 1 aromatic heterocycles. The minimum atomic E-state index is 0.156. The van der Waals surface area contributed by atoms with E-state index < -0.39 is 0 Å². The van der Waals surface area contributed by atoms with Crippen LogP contribution in [0.2, 0.25) is 0 Å². The Bertz CT molecular complexity index is 237. The molecule has 0 bridgehead atoms. The molecule has 1 aromatic rings. The fourth-order valence-corrected chi connectivity index (χ4v) is 1.15. The lowest BCUT2D eigenvalue weighted by Crippen LogP contribution is -1.98. The fourth-order valence-electron chi connectivity index (χ4n) is 1.15. The first kappa shape index (κ1) is 10.0. The number of carbonyl (C=O) groups is 1. The summed E-state index contributed by atoms with van der Waals surface area (Å²) >= 11 is 0. The topological polar surface area (TPSA) is 30.2 Å². The van der Waals surface area contributed by atoms with Gasteiger partial charge >= 0.3 is 0 Å². The minimum absolute atomic E-state index is 0.156. The number of Topliss-reactive ketones (excluding diaryl/α,β-unsaturated/α-hetero) is 1. The Morgan fingerprint density at radius 3 is 3.00 bits per heavy atom. The van der Waals surface area contributed by atoms with Gasteiger partial charge in [-0.15, -0.1) is 0 Å². The van der Waals surface area contributed by atoms with Crippen molar-refractivity contribution in [2.45, 2.75) is 32.6 Å². The lowest BCUT2D eigenvalue weighted by atomic mass is 10.1. The zero-order valence-corrected chi connectivity index (χ0v) is 7.95. The molecule has 1 radical (unpaired) electrons. The summed E-state index contributed by atoms with van der Waals surface area (Å²) < 4.78 is 5.03. The number of ketones is 1. The molecule has 0 fully saturated rings. The van der Waals surface area contributed by atoms with Crippen molar-refractivity contribution in [2.75, 3.05) is 0 Å². The van der Waals surface area contributed by atoms with E-state index in [1.165, 1.54) is 0 Å². The molecule has 0 atom stereocenters. The van der Waals surface area contributed by atoms with Gasteiger partial charge in [0.2, 0.25) is 0 Å².